The molecule has 0 radical (unpaired) electrons. The number of ether oxygens (including phenoxy) is 1. The van der Waals surface area contributed by atoms with E-state index in [4.69, 9.17) is 4.74 Å². The van der Waals surface area contributed by atoms with Crippen LogP contribution >= 0.6 is 0 Å². The molecule has 0 aliphatic heterocycles. The Balaban J connectivity index is 2.26. The van der Waals surface area contributed by atoms with Crippen molar-refractivity contribution in [3.05, 3.63) is 50.6 Å². The molecule has 10 nitrogen and oxygen atoms in total. The summed E-state index contributed by atoms with van der Waals surface area (Å²) in [7, 11) is 0. The number of pyridine rings is 2. The number of fused-ring (bicyclic) bond motifs is 1. The van der Waals surface area contributed by atoms with Gasteiger partial charge in [-0.1, -0.05) is 0 Å². The summed E-state index contributed by atoms with van der Waals surface area (Å²) in [4.78, 5) is 47.5. The number of hydrogen-bond donors (Lipinski definition) is 4. The molecular formula is C16H15N5O5. The molecule has 0 fully saturated rings. The third-order valence-electron chi connectivity index (χ3n) is 3.61. The summed E-state index contributed by atoms with van der Waals surface area (Å²) in [6.45, 7) is 3.97. The van der Waals surface area contributed by atoms with Gasteiger partial charge >= 0.3 is 11.7 Å². The molecule has 0 spiro atoms. The SMILES string of the molecule is CCOc1cc2c(Nc3c[nH]c(=O)[nH]c3=O)c(C(=O)O)cnc2nc1C. The lowest BCUT2D eigenvalue weighted by atomic mass is 10.1. The Kier molecular flexibility index (Phi) is 4.40. The maximum atomic E-state index is 11.9. The van der Waals surface area contributed by atoms with Crippen molar-refractivity contribution in [1.29, 1.82) is 0 Å². The van der Waals surface area contributed by atoms with Gasteiger partial charge in [0.25, 0.3) is 5.56 Å². The van der Waals surface area contributed by atoms with E-state index in [2.05, 4.69) is 25.3 Å². The first-order valence-electron chi connectivity index (χ1n) is 7.66. The highest BCUT2D eigenvalue weighted by atomic mass is 16.5. The number of aryl methyl sites for hydroxylation is 1. The zero-order valence-electron chi connectivity index (χ0n) is 13.9. The van der Waals surface area contributed by atoms with E-state index >= 15 is 0 Å². The minimum absolute atomic E-state index is 0.0295. The average Bonchev–Trinajstić information content (AvgIpc) is 2.58. The van der Waals surface area contributed by atoms with Gasteiger partial charge in [-0.05, 0) is 19.9 Å². The molecular weight excluding hydrogens is 342 g/mol. The fourth-order valence-electron chi connectivity index (χ4n) is 2.43. The van der Waals surface area contributed by atoms with Crippen LogP contribution in [0.25, 0.3) is 11.0 Å². The fraction of sp³-hybridized carbons (Fsp3) is 0.188. The van der Waals surface area contributed by atoms with Gasteiger partial charge in [0.1, 0.15) is 17.0 Å². The number of nitrogens with zero attached hydrogens (tertiary/aromatic N) is 2. The van der Waals surface area contributed by atoms with Crippen molar-refractivity contribution in [2.24, 2.45) is 0 Å². The molecule has 0 aliphatic carbocycles. The zero-order valence-corrected chi connectivity index (χ0v) is 13.9. The monoisotopic (exact) mass is 357 g/mol. The van der Waals surface area contributed by atoms with Crippen LogP contribution in [0.2, 0.25) is 0 Å². The van der Waals surface area contributed by atoms with Crippen LogP contribution < -0.4 is 21.3 Å². The number of aromatic amines is 2. The molecule has 0 amide bonds. The number of aromatic carboxylic acids is 1. The van der Waals surface area contributed by atoms with Crippen LogP contribution in [0.4, 0.5) is 11.4 Å². The molecule has 0 aliphatic rings. The van der Waals surface area contributed by atoms with Gasteiger partial charge in [-0.3, -0.25) is 9.78 Å². The number of H-pyrrole nitrogens is 2. The molecule has 3 rings (SSSR count). The molecule has 26 heavy (non-hydrogen) atoms. The summed E-state index contributed by atoms with van der Waals surface area (Å²) in [5.41, 5.74) is -0.542. The van der Waals surface area contributed by atoms with Crippen LogP contribution in [0.15, 0.2) is 28.0 Å². The smallest absolute Gasteiger partial charge is 0.339 e. The molecule has 0 saturated carbocycles. The first kappa shape index (κ1) is 17.1. The Morgan fingerprint density at radius 1 is 1.38 bits per heavy atom. The van der Waals surface area contributed by atoms with E-state index in [1.807, 2.05) is 6.92 Å². The highest BCUT2D eigenvalue weighted by Crippen LogP contribution is 2.31. The molecule has 3 aromatic heterocycles. The number of carboxylic acid groups (broad SMARTS) is 1. The highest BCUT2D eigenvalue weighted by Gasteiger charge is 2.18. The number of rotatable bonds is 5. The lowest BCUT2D eigenvalue weighted by Gasteiger charge is -2.14. The van der Waals surface area contributed by atoms with E-state index < -0.39 is 17.2 Å². The zero-order chi connectivity index (χ0) is 18.8. The van der Waals surface area contributed by atoms with E-state index in [0.29, 0.717) is 29.1 Å². The number of nitrogens with one attached hydrogen (secondary N) is 3. The Bertz CT molecular complexity index is 1120. The van der Waals surface area contributed by atoms with Crippen molar-refractivity contribution in [3.8, 4) is 5.75 Å². The number of hydrogen-bond acceptors (Lipinski definition) is 7. The molecule has 0 unspecified atom stereocenters. The Hall–Kier alpha value is -3.69. The molecule has 0 aromatic carbocycles. The molecule has 3 aromatic rings. The van der Waals surface area contributed by atoms with Crippen molar-refractivity contribution in [2.45, 2.75) is 13.8 Å². The first-order chi connectivity index (χ1) is 12.4. The normalized spacial score (nSPS) is 10.7. The van der Waals surface area contributed by atoms with Crippen LogP contribution in [-0.4, -0.2) is 37.6 Å². The largest absolute Gasteiger partial charge is 0.492 e. The van der Waals surface area contributed by atoms with Crippen LogP contribution in [0.1, 0.15) is 23.0 Å². The summed E-state index contributed by atoms with van der Waals surface area (Å²) in [5, 5.41) is 12.6. The summed E-state index contributed by atoms with van der Waals surface area (Å²) >= 11 is 0. The van der Waals surface area contributed by atoms with E-state index in [1.165, 1.54) is 0 Å². The Labute approximate surface area is 145 Å². The van der Waals surface area contributed by atoms with E-state index in [9.17, 15) is 19.5 Å². The number of aromatic nitrogens is 4. The van der Waals surface area contributed by atoms with Crippen molar-refractivity contribution >= 4 is 28.4 Å². The lowest BCUT2D eigenvalue weighted by molar-refractivity contribution is 0.0697. The van der Waals surface area contributed by atoms with Gasteiger partial charge < -0.3 is 20.1 Å². The first-order valence-corrected chi connectivity index (χ1v) is 7.66. The predicted molar refractivity (Wildman–Crippen MR) is 93.4 cm³/mol. The second kappa shape index (κ2) is 6.67. The fourth-order valence-corrected chi connectivity index (χ4v) is 2.43. The van der Waals surface area contributed by atoms with Gasteiger partial charge in [0, 0.05) is 17.8 Å². The van der Waals surface area contributed by atoms with Crippen molar-refractivity contribution in [3.63, 3.8) is 0 Å². The second-order valence-electron chi connectivity index (χ2n) is 5.34. The van der Waals surface area contributed by atoms with E-state index in [0.717, 1.165) is 12.4 Å². The van der Waals surface area contributed by atoms with Gasteiger partial charge in [0.2, 0.25) is 0 Å². The summed E-state index contributed by atoms with van der Waals surface area (Å²) in [5.74, 6) is -0.760. The van der Waals surface area contributed by atoms with Crippen LogP contribution in [-0.2, 0) is 0 Å². The van der Waals surface area contributed by atoms with Crippen LogP contribution in [0.3, 0.4) is 0 Å². The van der Waals surface area contributed by atoms with Gasteiger partial charge in [-0.15, -0.1) is 0 Å². The minimum atomic E-state index is -1.23. The molecule has 4 N–H and O–H groups in total. The maximum Gasteiger partial charge on any atom is 0.339 e. The van der Waals surface area contributed by atoms with Gasteiger partial charge in [0.15, 0.2) is 5.65 Å². The standard InChI is InChI=1S/C16H15N5O5/c1-3-26-11-4-8-12(20-10-6-18-16(25)21-14(10)22)9(15(23)24)5-17-13(8)19-7(11)2/h4-6H,3H2,1-2H3,(H,23,24)(H,17,19,20)(H2,18,21,22,25). The summed E-state index contributed by atoms with van der Waals surface area (Å²) in [6, 6.07) is 1.61. The Morgan fingerprint density at radius 3 is 2.81 bits per heavy atom. The quantitative estimate of drug-likeness (QED) is 0.531. The van der Waals surface area contributed by atoms with Gasteiger partial charge in [-0.2, -0.15) is 0 Å². The van der Waals surface area contributed by atoms with Gasteiger partial charge in [-0.25, -0.2) is 19.6 Å². The molecule has 3 heterocycles. The average molecular weight is 357 g/mol. The topological polar surface area (TPSA) is 150 Å². The van der Waals surface area contributed by atoms with Crippen molar-refractivity contribution in [1.82, 2.24) is 19.9 Å². The third-order valence-corrected chi connectivity index (χ3v) is 3.61. The molecule has 0 atom stereocenters. The maximum absolute atomic E-state index is 11.9. The number of carbonyl (C=O) groups is 1. The van der Waals surface area contributed by atoms with E-state index in [-0.39, 0.29) is 16.9 Å². The summed E-state index contributed by atoms with van der Waals surface area (Å²) in [6.07, 6.45) is 2.31. The molecule has 10 heteroatoms. The third kappa shape index (κ3) is 3.11. The lowest BCUT2D eigenvalue weighted by Crippen LogP contribution is -2.23. The van der Waals surface area contributed by atoms with Crippen LogP contribution in [0.5, 0.6) is 5.75 Å². The minimum Gasteiger partial charge on any atom is -0.492 e. The van der Waals surface area contributed by atoms with E-state index in [1.54, 1.807) is 13.0 Å². The molecule has 0 saturated heterocycles. The van der Waals surface area contributed by atoms with Crippen molar-refractivity contribution in [2.75, 3.05) is 11.9 Å². The summed E-state index contributed by atoms with van der Waals surface area (Å²) < 4.78 is 5.51. The predicted octanol–water partition coefficient (Wildman–Crippen LogP) is 1.16. The number of anilines is 2. The molecule has 0 bridgehead atoms. The highest BCUT2D eigenvalue weighted by molar-refractivity contribution is 6.04. The number of carboxylic acids is 1. The van der Waals surface area contributed by atoms with Crippen LogP contribution in [0, 0.1) is 6.92 Å². The molecule has 134 valence electrons. The van der Waals surface area contributed by atoms with Crippen molar-refractivity contribution < 1.29 is 14.6 Å². The second-order valence-corrected chi connectivity index (χ2v) is 5.34. The Morgan fingerprint density at radius 2 is 2.15 bits per heavy atom. The van der Waals surface area contributed by atoms with Gasteiger partial charge in [0.05, 0.1) is 18.0 Å².